The first kappa shape index (κ1) is 7.45. The van der Waals surface area contributed by atoms with Crippen molar-refractivity contribution in [3.05, 3.63) is 0 Å². The molecule has 7 heavy (non-hydrogen) atoms. The van der Waals surface area contributed by atoms with Crippen molar-refractivity contribution in [2.75, 3.05) is 6.66 Å². The summed E-state index contributed by atoms with van der Waals surface area (Å²) in [5.41, 5.74) is 0. The Morgan fingerprint density at radius 1 is 1.57 bits per heavy atom. The first-order chi connectivity index (χ1) is 3.13. The summed E-state index contributed by atoms with van der Waals surface area (Å²) in [5, 5.41) is 0. The van der Waals surface area contributed by atoms with Crippen molar-refractivity contribution < 1.29 is 4.52 Å². The van der Waals surface area contributed by atoms with Crippen molar-refractivity contribution in [2.45, 2.75) is 20.0 Å². The second kappa shape index (κ2) is 3.46. The fraction of sp³-hybridized carbons (Fsp3) is 1.00. The summed E-state index contributed by atoms with van der Waals surface area (Å²) in [5.74, 6) is 0. The second-order valence-corrected chi connectivity index (χ2v) is 3.80. The van der Waals surface area contributed by atoms with Crippen LogP contribution in [0.4, 0.5) is 0 Å². The van der Waals surface area contributed by atoms with E-state index < -0.39 is 0 Å². The molecule has 1 atom stereocenters. The molecule has 0 bridgehead atoms. The minimum Gasteiger partial charge on any atom is -0.367 e. The Morgan fingerprint density at radius 2 is 2.00 bits per heavy atom. The molecule has 0 N–H and O–H groups in total. The van der Waals surface area contributed by atoms with Gasteiger partial charge in [-0.1, -0.05) is 0 Å². The summed E-state index contributed by atoms with van der Waals surface area (Å²) in [6.07, 6.45) is 0.404. The molecule has 3 heteroatoms. The highest BCUT2D eigenvalue weighted by Gasteiger charge is 1.94. The van der Waals surface area contributed by atoms with Gasteiger partial charge in [0.1, 0.15) is 0 Å². The van der Waals surface area contributed by atoms with E-state index in [2.05, 4.69) is 28.1 Å². The van der Waals surface area contributed by atoms with Crippen LogP contribution in [0.5, 0.6) is 0 Å². The molecule has 0 fully saturated rings. The van der Waals surface area contributed by atoms with Crippen LogP contribution in [0.2, 0.25) is 0 Å². The van der Waals surface area contributed by atoms with Gasteiger partial charge < -0.3 is 4.52 Å². The molecule has 1 unspecified atom stereocenters. The highest BCUT2D eigenvalue weighted by Crippen LogP contribution is 2.25. The maximum Gasteiger partial charge on any atom is 0.168 e. The van der Waals surface area contributed by atoms with Gasteiger partial charge in [0.25, 0.3) is 0 Å². The van der Waals surface area contributed by atoms with Gasteiger partial charge in [-0.15, -0.1) is 0 Å². The Bertz CT molecular complexity index is 41.0. The molecule has 0 saturated heterocycles. The smallest absolute Gasteiger partial charge is 0.168 e. The molecule has 0 spiro atoms. The summed E-state index contributed by atoms with van der Waals surface area (Å²) >= 11 is 0. The van der Waals surface area contributed by atoms with Crippen molar-refractivity contribution in [3.63, 3.8) is 0 Å². The van der Waals surface area contributed by atoms with Gasteiger partial charge in [0.2, 0.25) is 0 Å². The molecule has 0 aromatic rings. The third-order valence-electron chi connectivity index (χ3n) is 0.422. The summed E-state index contributed by atoms with van der Waals surface area (Å²) in [4.78, 5) is 0. The predicted octanol–water partition coefficient (Wildman–Crippen LogP) is 0.986. The van der Waals surface area contributed by atoms with Gasteiger partial charge in [0.15, 0.2) is 7.57 Å². The summed E-state index contributed by atoms with van der Waals surface area (Å²) < 4.78 is 5.31. The van der Waals surface area contributed by atoms with E-state index in [0.29, 0.717) is 6.10 Å². The van der Waals surface area contributed by atoms with Crippen LogP contribution in [0.1, 0.15) is 13.8 Å². The van der Waals surface area contributed by atoms with Gasteiger partial charge >= 0.3 is 0 Å². The van der Waals surface area contributed by atoms with Crippen LogP contribution in [0.3, 0.4) is 0 Å². The molecule has 0 heterocycles. The number of hydrogen-bond acceptors (Lipinski definition) is 1. The second-order valence-electron chi connectivity index (χ2n) is 1.97. The van der Waals surface area contributed by atoms with E-state index in [9.17, 15) is 0 Å². The Labute approximate surface area is 47.6 Å². The fourth-order valence-electron chi connectivity index (χ4n) is 0.422. The lowest BCUT2D eigenvalue weighted by atomic mass is 10.5. The number of rotatable bonds is 2. The minimum atomic E-state index is -0.140. The first-order valence-electron chi connectivity index (χ1n) is 2.47. The molecule has 0 radical (unpaired) electrons. The molecule has 0 aliphatic rings. The van der Waals surface area contributed by atoms with E-state index >= 15 is 0 Å². The van der Waals surface area contributed by atoms with Crippen LogP contribution in [0.15, 0.2) is 0 Å². The van der Waals surface area contributed by atoms with Crippen LogP contribution in [-0.4, -0.2) is 20.3 Å². The first-order valence-corrected chi connectivity index (χ1v) is 4.62. The van der Waals surface area contributed by atoms with E-state index in [-0.39, 0.29) is 8.03 Å². The third-order valence-corrected chi connectivity index (χ3v) is 1.26. The highest BCUT2D eigenvalue weighted by molar-refractivity contribution is 7.77. The summed E-state index contributed by atoms with van der Waals surface area (Å²) in [6, 6.07) is 0. The lowest BCUT2D eigenvalue weighted by molar-refractivity contribution is 0.278. The molecule has 1 nitrogen and oxygen atoms in total. The Kier molecular flexibility index (Phi) is 3.68. The molecule has 42 valence electrons. The van der Waals surface area contributed by atoms with Crippen molar-refractivity contribution in [1.29, 1.82) is 0 Å². The molecule has 0 aliphatic heterocycles. The van der Waals surface area contributed by atoms with Gasteiger partial charge in [-0.3, -0.25) is 0 Å². The zero-order valence-electron chi connectivity index (χ0n) is 5.43. The Hall–Kier alpha value is 0.455. The largest absolute Gasteiger partial charge is 0.367 e. The van der Waals surface area contributed by atoms with Gasteiger partial charge in [-0.25, -0.2) is 0 Å². The monoisotopic (exact) mass is 118 g/mol. The molecule has 0 aromatic carbocycles. The quantitative estimate of drug-likeness (QED) is 0.388. The Morgan fingerprint density at radius 3 is 2.00 bits per heavy atom. The van der Waals surface area contributed by atoms with Gasteiger partial charge in [0.05, 0.1) is 6.10 Å². The topological polar surface area (TPSA) is 9.23 Å². The molecule has 0 rings (SSSR count). The average Bonchev–Trinajstić information content (AvgIpc) is 1.27. The van der Waals surface area contributed by atoms with Crippen molar-refractivity contribution in [2.24, 2.45) is 0 Å². The molecular formula is C4H12BOP. The van der Waals surface area contributed by atoms with Gasteiger partial charge in [-0.05, 0) is 28.5 Å². The van der Waals surface area contributed by atoms with E-state index in [1.54, 1.807) is 0 Å². The normalized spacial score (nSPS) is 14.9. The SMILES string of the molecule is BP(C)OC(C)C. The van der Waals surface area contributed by atoms with Crippen LogP contribution in [-0.2, 0) is 4.52 Å². The van der Waals surface area contributed by atoms with E-state index in [1.165, 1.54) is 0 Å². The lowest BCUT2D eigenvalue weighted by Crippen LogP contribution is -1.95. The predicted molar refractivity (Wildman–Crippen MR) is 37.6 cm³/mol. The molecule has 0 aromatic heterocycles. The van der Waals surface area contributed by atoms with E-state index in [1.807, 2.05) is 0 Å². The summed E-state index contributed by atoms with van der Waals surface area (Å²) in [6.45, 7) is 6.22. The van der Waals surface area contributed by atoms with Gasteiger partial charge in [-0.2, -0.15) is 0 Å². The van der Waals surface area contributed by atoms with Crippen LogP contribution < -0.4 is 0 Å². The van der Waals surface area contributed by atoms with Crippen molar-refractivity contribution in [3.8, 4) is 0 Å². The van der Waals surface area contributed by atoms with Crippen LogP contribution in [0, 0.1) is 0 Å². The van der Waals surface area contributed by atoms with Gasteiger partial charge in [0, 0.05) is 0 Å². The maximum atomic E-state index is 5.31. The third kappa shape index (κ3) is 6.45. The van der Waals surface area contributed by atoms with Crippen molar-refractivity contribution >= 4 is 15.6 Å². The average molecular weight is 118 g/mol. The number of hydrogen-bond donors (Lipinski definition) is 0. The van der Waals surface area contributed by atoms with Crippen LogP contribution >= 0.6 is 8.03 Å². The highest BCUT2D eigenvalue weighted by atomic mass is 31.1. The van der Waals surface area contributed by atoms with E-state index in [4.69, 9.17) is 4.52 Å². The lowest BCUT2D eigenvalue weighted by Gasteiger charge is -2.09. The maximum absolute atomic E-state index is 5.31. The summed E-state index contributed by atoms with van der Waals surface area (Å²) in [7, 11) is 1.97. The standard InChI is InChI=1S/C4H12BOP/c1-4(2)6-7(3)5/h4H,5H2,1-3H3. The zero-order chi connectivity index (χ0) is 5.86. The van der Waals surface area contributed by atoms with Crippen LogP contribution in [0.25, 0.3) is 0 Å². The van der Waals surface area contributed by atoms with E-state index in [0.717, 1.165) is 0 Å². The zero-order valence-corrected chi connectivity index (χ0v) is 6.33. The van der Waals surface area contributed by atoms with Crippen molar-refractivity contribution in [1.82, 2.24) is 0 Å². The molecule has 0 aliphatic carbocycles. The minimum absolute atomic E-state index is 0.140. The fourth-order valence-corrected chi connectivity index (χ4v) is 1.26. The Balaban J connectivity index is 2.95. The molecule has 0 saturated carbocycles. The molecule has 0 amide bonds. The molecular weight excluding hydrogens is 106 g/mol.